The van der Waals surface area contributed by atoms with Crippen LogP contribution in [0.1, 0.15) is 19.8 Å². The number of nitrogens with one attached hydrogen (secondary N) is 2. The van der Waals surface area contributed by atoms with Crippen LogP contribution in [0, 0.1) is 0 Å². The van der Waals surface area contributed by atoms with Gasteiger partial charge in [-0.05, 0) is 6.42 Å². The minimum Gasteiger partial charge on any atom is -0.350 e. The lowest BCUT2D eigenvalue weighted by Crippen LogP contribution is -2.54. The average Bonchev–Trinajstić information content (AvgIpc) is 2.30. The van der Waals surface area contributed by atoms with E-state index in [9.17, 15) is 14.4 Å². The Labute approximate surface area is 112 Å². The third-order valence-corrected chi connectivity index (χ3v) is 3.21. The highest BCUT2D eigenvalue weighted by molar-refractivity contribution is 7.80. The van der Waals surface area contributed by atoms with Crippen molar-refractivity contribution in [3.8, 4) is 0 Å². The van der Waals surface area contributed by atoms with Crippen LogP contribution < -0.4 is 10.6 Å². The van der Waals surface area contributed by atoms with Gasteiger partial charge >= 0.3 is 0 Å². The number of hydrogen-bond acceptors (Lipinski definition) is 4. The lowest BCUT2D eigenvalue weighted by atomic mass is 10.1. The van der Waals surface area contributed by atoms with E-state index in [1.807, 2.05) is 0 Å². The van der Waals surface area contributed by atoms with E-state index in [4.69, 9.17) is 0 Å². The van der Waals surface area contributed by atoms with Gasteiger partial charge < -0.3 is 15.5 Å². The maximum atomic E-state index is 11.9. The first-order valence-corrected chi connectivity index (χ1v) is 6.49. The van der Waals surface area contributed by atoms with E-state index in [0.29, 0.717) is 19.4 Å². The summed E-state index contributed by atoms with van der Waals surface area (Å²) in [7, 11) is 1.71. The van der Waals surface area contributed by atoms with E-state index < -0.39 is 6.04 Å². The van der Waals surface area contributed by atoms with E-state index in [1.165, 1.54) is 6.92 Å². The summed E-state index contributed by atoms with van der Waals surface area (Å²) in [6.07, 6.45) is 1.07. The zero-order valence-electron chi connectivity index (χ0n) is 10.6. The standard InChI is InChI=1S/C11H19N3O3S/c1-7(15)12-9(6-18)11(17)13-8-3-4-10(16)14(2)5-8/h8-9,18H,3-6H2,1-2H3,(H,12,15)(H,13,17). The van der Waals surface area contributed by atoms with Gasteiger partial charge in [-0.15, -0.1) is 0 Å². The molecule has 0 aromatic carbocycles. The van der Waals surface area contributed by atoms with E-state index in [1.54, 1.807) is 11.9 Å². The zero-order chi connectivity index (χ0) is 13.7. The number of amides is 3. The Morgan fingerprint density at radius 2 is 2.22 bits per heavy atom. The number of hydrogen-bond donors (Lipinski definition) is 3. The average molecular weight is 273 g/mol. The van der Waals surface area contributed by atoms with Crippen molar-refractivity contribution < 1.29 is 14.4 Å². The molecule has 2 N–H and O–H groups in total. The minimum atomic E-state index is -0.631. The molecule has 2 unspecified atom stereocenters. The number of carbonyl (C=O) groups excluding carboxylic acids is 3. The Morgan fingerprint density at radius 1 is 1.56 bits per heavy atom. The molecule has 0 aliphatic carbocycles. The molecule has 0 radical (unpaired) electrons. The van der Waals surface area contributed by atoms with Crippen LogP contribution >= 0.6 is 12.6 Å². The second kappa shape index (κ2) is 6.63. The Balaban J connectivity index is 2.48. The van der Waals surface area contributed by atoms with E-state index in [2.05, 4.69) is 23.3 Å². The summed E-state index contributed by atoms with van der Waals surface area (Å²) < 4.78 is 0. The molecule has 1 rings (SSSR count). The van der Waals surface area contributed by atoms with Crippen molar-refractivity contribution in [1.82, 2.24) is 15.5 Å². The first-order chi connectivity index (χ1) is 8.43. The van der Waals surface area contributed by atoms with Gasteiger partial charge in [0, 0.05) is 38.7 Å². The van der Waals surface area contributed by atoms with Crippen LogP contribution in [0.25, 0.3) is 0 Å². The number of likely N-dealkylation sites (tertiary alicyclic amines) is 1. The molecule has 1 heterocycles. The van der Waals surface area contributed by atoms with Gasteiger partial charge in [-0.3, -0.25) is 14.4 Å². The van der Waals surface area contributed by atoms with Crippen molar-refractivity contribution in [2.75, 3.05) is 19.3 Å². The summed E-state index contributed by atoms with van der Waals surface area (Å²) >= 11 is 4.04. The highest BCUT2D eigenvalue weighted by Crippen LogP contribution is 2.09. The van der Waals surface area contributed by atoms with Crippen LogP contribution in [0.15, 0.2) is 0 Å². The minimum absolute atomic E-state index is 0.0589. The summed E-state index contributed by atoms with van der Waals surface area (Å²) in [5.41, 5.74) is 0. The second-order valence-electron chi connectivity index (χ2n) is 4.45. The summed E-state index contributed by atoms with van der Waals surface area (Å²) in [5, 5.41) is 5.36. The van der Waals surface area contributed by atoms with E-state index >= 15 is 0 Å². The fourth-order valence-electron chi connectivity index (χ4n) is 1.87. The van der Waals surface area contributed by atoms with Crippen LogP contribution in [0.3, 0.4) is 0 Å². The molecule has 3 amide bonds. The van der Waals surface area contributed by atoms with Gasteiger partial charge in [-0.25, -0.2) is 0 Å². The molecule has 2 atom stereocenters. The van der Waals surface area contributed by atoms with Crippen LogP contribution in [0.5, 0.6) is 0 Å². The fraction of sp³-hybridized carbons (Fsp3) is 0.727. The maximum Gasteiger partial charge on any atom is 0.243 e. The Bertz CT molecular complexity index is 348. The number of thiol groups is 1. The second-order valence-corrected chi connectivity index (χ2v) is 4.82. The van der Waals surface area contributed by atoms with Crippen molar-refractivity contribution >= 4 is 30.4 Å². The van der Waals surface area contributed by atoms with Crippen LogP contribution in [-0.2, 0) is 14.4 Å². The van der Waals surface area contributed by atoms with Crippen molar-refractivity contribution in [3.63, 3.8) is 0 Å². The van der Waals surface area contributed by atoms with Gasteiger partial charge in [0.25, 0.3) is 0 Å². The molecule has 0 saturated carbocycles. The number of rotatable bonds is 4. The molecule has 0 aromatic rings. The summed E-state index contributed by atoms with van der Waals surface area (Å²) in [5.74, 6) is -0.186. The molecule has 1 aliphatic heterocycles. The first kappa shape index (κ1) is 14.8. The molecular formula is C11H19N3O3S. The summed E-state index contributed by atoms with van der Waals surface area (Å²) in [6.45, 7) is 1.86. The molecule has 6 nitrogen and oxygen atoms in total. The lowest BCUT2D eigenvalue weighted by Gasteiger charge is -2.31. The molecule has 7 heteroatoms. The van der Waals surface area contributed by atoms with Gasteiger partial charge in [0.15, 0.2) is 0 Å². The molecule has 0 aromatic heterocycles. The van der Waals surface area contributed by atoms with Crippen LogP contribution in [0.4, 0.5) is 0 Å². The highest BCUT2D eigenvalue weighted by Gasteiger charge is 2.26. The van der Waals surface area contributed by atoms with Crippen molar-refractivity contribution in [1.29, 1.82) is 0 Å². The van der Waals surface area contributed by atoms with Gasteiger partial charge in [0.05, 0.1) is 0 Å². The largest absolute Gasteiger partial charge is 0.350 e. The quantitative estimate of drug-likeness (QED) is 0.584. The summed E-state index contributed by atoms with van der Waals surface area (Å²) in [4.78, 5) is 35.7. The number of likely N-dealkylation sites (N-methyl/N-ethyl adjacent to an activating group) is 1. The normalized spacial score (nSPS) is 21.4. The Hall–Kier alpha value is -1.24. The van der Waals surface area contributed by atoms with Gasteiger partial charge in [-0.1, -0.05) is 0 Å². The highest BCUT2D eigenvalue weighted by atomic mass is 32.1. The molecule has 102 valence electrons. The predicted octanol–water partition coefficient (Wildman–Crippen LogP) is -0.842. The van der Waals surface area contributed by atoms with E-state index in [-0.39, 0.29) is 29.5 Å². The molecule has 1 fully saturated rings. The number of carbonyl (C=O) groups is 3. The Morgan fingerprint density at radius 3 is 2.72 bits per heavy atom. The predicted molar refractivity (Wildman–Crippen MR) is 70.3 cm³/mol. The van der Waals surface area contributed by atoms with Gasteiger partial charge in [-0.2, -0.15) is 12.6 Å². The third-order valence-electron chi connectivity index (χ3n) is 2.85. The molecule has 0 bridgehead atoms. The van der Waals surface area contributed by atoms with Gasteiger partial charge in [0.2, 0.25) is 17.7 Å². The molecule has 1 aliphatic rings. The van der Waals surface area contributed by atoms with Crippen molar-refractivity contribution in [2.24, 2.45) is 0 Å². The summed E-state index contributed by atoms with van der Waals surface area (Å²) in [6, 6.07) is -0.690. The molecule has 1 saturated heterocycles. The monoisotopic (exact) mass is 273 g/mol. The fourth-order valence-corrected chi connectivity index (χ4v) is 2.13. The smallest absolute Gasteiger partial charge is 0.243 e. The topological polar surface area (TPSA) is 78.5 Å². The SMILES string of the molecule is CC(=O)NC(CS)C(=O)NC1CCC(=O)N(C)C1. The van der Waals surface area contributed by atoms with Crippen molar-refractivity contribution in [2.45, 2.75) is 31.8 Å². The molecule has 0 spiro atoms. The lowest BCUT2D eigenvalue weighted by molar-refractivity contribution is -0.134. The van der Waals surface area contributed by atoms with Crippen molar-refractivity contribution in [3.05, 3.63) is 0 Å². The van der Waals surface area contributed by atoms with Gasteiger partial charge in [0.1, 0.15) is 6.04 Å². The number of piperidine rings is 1. The first-order valence-electron chi connectivity index (χ1n) is 5.86. The molecular weight excluding hydrogens is 254 g/mol. The third kappa shape index (κ3) is 4.21. The van der Waals surface area contributed by atoms with E-state index in [0.717, 1.165) is 0 Å². The molecule has 18 heavy (non-hydrogen) atoms. The van der Waals surface area contributed by atoms with Crippen LogP contribution in [0.2, 0.25) is 0 Å². The Kier molecular flexibility index (Phi) is 5.46. The zero-order valence-corrected chi connectivity index (χ0v) is 11.5. The number of nitrogens with zero attached hydrogens (tertiary/aromatic N) is 1. The van der Waals surface area contributed by atoms with Crippen LogP contribution in [-0.4, -0.2) is 54.1 Å². The maximum absolute atomic E-state index is 11.9.